The molecule has 0 bridgehead atoms. The summed E-state index contributed by atoms with van der Waals surface area (Å²) < 4.78 is 59.1. The first-order valence-corrected chi connectivity index (χ1v) is 11.8. The Morgan fingerprint density at radius 2 is 2.00 bits per heavy atom. The molecule has 1 saturated heterocycles. The zero-order valence-electron chi connectivity index (χ0n) is 20.3. The van der Waals surface area contributed by atoms with Crippen LogP contribution in [0.1, 0.15) is 53.7 Å². The van der Waals surface area contributed by atoms with Crippen LogP contribution in [-0.4, -0.2) is 52.9 Å². The molecule has 3 atom stereocenters. The van der Waals surface area contributed by atoms with Crippen LogP contribution in [0.25, 0.3) is 6.08 Å². The Hall–Kier alpha value is -2.75. The van der Waals surface area contributed by atoms with Crippen LogP contribution in [0.3, 0.4) is 0 Å². The Morgan fingerprint density at radius 3 is 2.67 bits per heavy atom. The molecule has 1 aliphatic rings. The molecule has 1 fully saturated rings. The molecule has 0 spiro atoms. The second-order valence-electron chi connectivity index (χ2n) is 9.22. The summed E-state index contributed by atoms with van der Waals surface area (Å²) in [6, 6.07) is 8.46. The summed E-state index contributed by atoms with van der Waals surface area (Å²) in [6.45, 7) is 4.46. The van der Waals surface area contributed by atoms with Gasteiger partial charge in [0.25, 0.3) is 0 Å². The molecule has 0 aromatic heterocycles. The van der Waals surface area contributed by atoms with Gasteiger partial charge in [-0.3, -0.25) is 4.90 Å². The van der Waals surface area contributed by atoms with E-state index in [1.54, 1.807) is 26.0 Å². The van der Waals surface area contributed by atoms with Gasteiger partial charge in [0.2, 0.25) is 0 Å². The van der Waals surface area contributed by atoms with Gasteiger partial charge in [-0.15, -0.1) is 0 Å². The minimum absolute atomic E-state index is 0.0490. The summed E-state index contributed by atoms with van der Waals surface area (Å²) in [7, 11) is 0. The number of nitrogens with zero attached hydrogens (tertiary/aromatic N) is 1. The quantitative estimate of drug-likeness (QED) is 0.332. The minimum atomic E-state index is -4.57. The van der Waals surface area contributed by atoms with E-state index in [1.807, 2.05) is 6.07 Å². The number of hydrogen-bond acceptors (Lipinski definition) is 4. The first-order valence-electron chi connectivity index (χ1n) is 11.8. The fourth-order valence-electron chi connectivity index (χ4n) is 4.50. The van der Waals surface area contributed by atoms with Crippen molar-refractivity contribution in [2.45, 2.75) is 57.5 Å². The lowest BCUT2D eigenvalue weighted by Gasteiger charge is -2.27. The fraction of sp³-hybridized carbons (Fsp3) is 0.444. The lowest BCUT2D eigenvalue weighted by molar-refractivity contribution is -0.137. The molecule has 2 N–H and O–H groups in total. The first-order chi connectivity index (χ1) is 16.9. The van der Waals surface area contributed by atoms with Gasteiger partial charge in [0, 0.05) is 18.7 Å². The third kappa shape index (κ3) is 7.62. The van der Waals surface area contributed by atoms with Crippen molar-refractivity contribution in [1.29, 1.82) is 0 Å². The highest BCUT2D eigenvalue weighted by Gasteiger charge is 2.31. The van der Waals surface area contributed by atoms with Gasteiger partial charge in [-0.2, -0.15) is 13.2 Å². The van der Waals surface area contributed by atoms with Gasteiger partial charge < -0.3 is 14.9 Å². The van der Waals surface area contributed by atoms with Crippen LogP contribution in [0.4, 0.5) is 17.6 Å². The van der Waals surface area contributed by atoms with Crippen LogP contribution in [0.2, 0.25) is 0 Å². The molecule has 0 amide bonds. The number of likely N-dealkylation sites (tertiary alicyclic amines) is 1. The van der Waals surface area contributed by atoms with E-state index < -0.39 is 29.9 Å². The molecule has 0 unspecified atom stereocenters. The molecule has 0 saturated carbocycles. The number of halogens is 4. The van der Waals surface area contributed by atoms with E-state index in [2.05, 4.69) is 4.90 Å². The number of aliphatic hydroxyl groups excluding tert-OH is 1. The second-order valence-corrected chi connectivity index (χ2v) is 9.22. The van der Waals surface area contributed by atoms with Crippen molar-refractivity contribution in [3.8, 4) is 0 Å². The number of carbonyl (C=O) groups is 1. The normalized spacial score (nSPS) is 18.6. The lowest BCUT2D eigenvalue weighted by Crippen LogP contribution is -2.39. The Balaban J connectivity index is 1.61. The average Bonchev–Trinajstić information content (AvgIpc) is 3.23. The fourth-order valence-corrected chi connectivity index (χ4v) is 4.50. The predicted octanol–water partition coefficient (Wildman–Crippen LogP) is 5.40. The van der Waals surface area contributed by atoms with Crippen molar-refractivity contribution < 1.29 is 37.3 Å². The number of rotatable bonds is 10. The third-order valence-corrected chi connectivity index (χ3v) is 6.45. The highest BCUT2D eigenvalue weighted by Crippen LogP contribution is 2.33. The van der Waals surface area contributed by atoms with Crippen LogP contribution in [0.15, 0.2) is 42.5 Å². The minimum Gasteiger partial charge on any atom is -0.478 e. The number of aryl methyl sites for hydroxylation is 1. The van der Waals surface area contributed by atoms with Gasteiger partial charge in [-0.05, 0) is 86.2 Å². The van der Waals surface area contributed by atoms with E-state index >= 15 is 0 Å². The molecule has 0 radical (unpaired) electrons. The number of ether oxygens (including phenoxy) is 1. The monoisotopic (exact) mass is 509 g/mol. The molecular weight excluding hydrogens is 478 g/mol. The van der Waals surface area contributed by atoms with Gasteiger partial charge in [0.1, 0.15) is 5.82 Å². The van der Waals surface area contributed by atoms with E-state index in [9.17, 15) is 27.5 Å². The largest absolute Gasteiger partial charge is 0.478 e. The maximum Gasteiger partial charge on any atom is 0.416 e. The maximum absolute atomic E-state index is 13.9. The lowest BCUT2D eigenvalue weighted by atomic mass is 9.99. The molecular formula is C27H31F4NO4. The molecule has 5 nitrogen and oxygen atoms in total. The summed E-state index contributed by atoms with van der Waals surface area (Å²) in [5.41, 5.74) is 1.07. The van der Waals surface area contributed by atoms with Crippen molar-refractivity contribution in [2.24, 2.45) is 0 Å². The Bertz CT molecular complexity index is 1090. The Labute approximate surface area is 208 Å². The predicted molar refractivity (Wildman–Crippen MR) is 128 cm³/mol. The van der Waals surface area contributed by atoms with E-state index in [0.717, 1.165) is 49.2 Å². The highest BCUT2D eigenvalue weighted by molar-refractivity contribution is 5.85. The Morgan fingerprint density at radius 1 is 1.25 bits per heavy atom. The van der Waals surface area contributed by atoms with Gasteiger partial charge >= 0.3 is 12.1 Å². The zero-order chi connectivity index (χ0) is 26.5. The van der Waals surface area contributed by atoms with Crippen LogP contribution < -0.4 is 0 Å². The first kappa shape index (κ1) is 27.8. The standard InChI is InChI=1S/C27H31F4NO4/c1-17-5-6-19(13-25(17)28)12-22-4-3-11-32(22)15-23(33)16-36-18(2)24-9-8-21(27(29,30)31)14-20(24)7-10-26(34)35/h5-10,13-14,18,22-23,33H,3-4,11-12,15-16H2,1-2H3,(H,34,35)/t18-,22+,23-/m1/s1. The molecule has 0 aliphatic carbocycles. The van der Waals surface area contributed by atoms with Crippen molar-refractivity contribution in [1.82, 2.24) is 4.90 Å². The van der Waals surface area contributed by atoms with Crippen LogP contribution in [0, 0.1) is 12.7 Å². The summed E-state index contributed by atoms with van der Waals surface area (Å²) >= 11 is 0. The SMILES string of the molecule is Cc1ccc(C[C@@H]2CCCN2C[C@@H](O)CO[C@H](C)c2ccc(C(F)(F)F)cc2C=CC(=O)O)cc1F. The molecule has 9 heteroatoms. The summed E-state index contributed by atoms with van der Waals surface area (Å²) in [6.07, 6.45) is -1.64. The topological polar surface area (TPSA) is 70.0 Å². The van der Waals surface area contributed by atoms with Crippen LogP contribution in [0.5, 0.6) is 0 Å². The zero-order valence-corrected chi connectivity index (χ0v) is 20.3. The highest BCUT2D eigenvalue weighted by atomic mass is 19.4. The number of benzene rings is 2. The van der Waals surface area contributed by atoms with Crippen molar-refractivity contribution in [2.75, 3.05) is 19.7 Å². The maximum atomic E-state index is 13.9. The molecule has 196 valence electrons. The van der Waals surface area contributed by atoms with Gasteiger partial charge in [0.05, 0.1) is 24.4 Å². The molecule has 36 heavy (non-hydrogen) atoms. The van der Waals surface area contributed by atoms with Crippen LogP contribution >= 0.6 is 0 Å². The van der Waals surface area contributed by atoms with E-state index in [4.69, 9.17) is 9.84 Å². The summed E-state index contributed by atoms with van der Waals surface area (Å²) in [5, 5.41) is 19.5. The Kier molecular flexibility index (Phi) is 9.27. The smallest absolute Gasteiger partial charge is 0.416 e. The number of aliphatic carboxylic acids is 1. The van der Waals surface area contributed by atoms with E-state index in [1.165, 1.54) is 6.07 Å². The van der Waals surface area contributed by atoms with E-state index in [-0.39, 0.29) is 24.0 Å². The number of carboxylic acids is 1. The van der Waals surface area contributed by atoms with Gasteiger partial charge in [0.15, 0.2) is 0 Å². The molecule has 3 rings (SSSR count). The summed E-state index contributed by atoms with van der Waals surface area (Å²) in [4.78, 5) is 13.0. The molecule has 2 aromatic carbocycles. The number of hydrogen-bond donors (Lipinski definition) is 2. The number of carboxylic acid groups (broad SMARTS) is 1. The number of aliphatic hydroxyl groups is 1. The molecule has 1 aliphatic heterocycles. The van der Waals surface area contributed by atoms with Crippen molar-refractivity contribution >= 4 is 12.0 Å². The third-order valence-electron chi connectivity index (χ3n) is 6.45. The van der Waals surface area contributed by atoms with Crippen molar-refractivity contribution in [3.63, 3.8) is 0 Å². The van der Waals surface area contributed by atoms with Gasteiger partial charge in [-0.25, -0.2) is 9.18 Å². The number of alkyl halides is 3. The number of β-amino-alcohol motifs (C(OH)–C–C–N with tert-alkyl or cyclic N) is 1. The summed E-state index contributed by atoms with van der Waals surface area (Å²) in [5.74, 6) is -1.52. The van der Waals surface area contributed by atoms with E-state index in [0.29, 0.717) is 24.1 Å². The average molecular weight is 510 g/mol. The van der Waals surface area contributed by atoms with Gasteiger partial charge in [-0.1, -0.05) is 18.2 Å². The van der Waals surface area contributed by atoms with Crippen molar-refractivity contribution in [3.05, 3.63) is 76.1 Å². The second kappa shape index (κ2) is 12.0. The molecule has 1 heterocycles. The molecule has 2 aromatic rings. The van der Waals surface area contributed by atoms with Crippen LogP contribution in [-0.2, 0) is 22.1 Å².